The number of hydrogen-bond donors (Lipinski definition) is 1. The average Bonchev–Trinajstić information content (AvgIpc) is 3.20. The first-order valence-corrected chi connectivity index (χ1v) is 10.9. The van der Waals surface area contributed by atoms with E-state index in [9.17, 15) is 27.7 Å². The lowest BCUT2D eigenvalue weighted by atomic mass is 10.1. The Kier molecular flexibility index (Phi) is 6.64. The number of hydrogen-bond acceptors (Lipinski definition) is 7. The van der Waals surface area contributed by atoms with Gasteiger partial charge in [0.1, 0.15) is 23.9 Å². The van der Waals surface area contributed by atoms with Gasteiger partial charge in [0.25, 0.3) is 11.6 Å². The molecule has 10 nitrogen and oxygen atoms in total. The van der Waals surface area contributed by atoms with Crippen LogP contribution >= 0.6 is 0 Å². The Balaban J connectivity index is 1.64. The third-order valence-electron chi connectivity index (χ3n) is 4.15. The fourth-order valence-corrected chi connectivity index (χ4v) is 3.54. The van der Waals surface area contributed by atoms with Gasteiger partial charge in [-0.1, -0.05) is 6.07 Å². The minimum atomic E-state index is -3.85. The van der Waals surface area contributed by atoms with Crippen LogP contribution in [0.1, 0.15) is 5.76 Å². The number of benzene rings is 2. The summed E-state index contributed by atoms with van der Waals surface area (Å²) in [7, 11) is -3.85. The van der Waals surface area contributed by atoms with Crippen molar-refractivity contribution in [2.75, 3.05) is 17.1 Å². The van der Waals surface area contributed by atoms with E-state index >= 15 is 0 Å². The molecule has 1 amide bonds. The van der Waals surface area contributed by atoms with E-state index in [1.807, 2.05) is 0 Å². The van der Waals surface area contributed by atoms with E-state index in [0.717, 1.165) is 22.7 Å². The highest BCUT2D eigenvalue weighted by molar-refractivity contribution is 7.92. The number of carbonyl (C=O) groups excluding carboxylic acids is 1. The monoisotopic (exact) mass is 460 g/mol. The van der Waals surface area contributed by atoms with E-state index in [0.29, 0.717) is 11.3 Å². The summed E-state index contributed by atoms with van der Waals surface area (Å²) in [6, 6.07) is 13.8. The average molecular weight is 460 g/mol. The number of sulfonamides is 1. The Morgan fingerprint density at radius 1 is 1.22 bits per heavy atom. The van der Waals surface area contributed by atoms with Gasteiger partial charge in [-0.25, -0.2) is 18.2 Å². The van der Waals surface area contributed by atoms with Crippen LogP contribution in [0.3, 0.4) is 0 Å². The van der Waals surface area contributed by atoms with Crippen LogP contribution in [0.4, 0.5) is 15.8 Å². The number of nitro benzene ring substituents is 1. The second-order valence-electron chi connectivity index (χ2n) is 6.55. The molecule has 32 heavy (non-hydrogen) atoms. The first-order valence-electron chi connectivity index (χ1n) is 9.03. The predicted octanol–water partition coefficient (Wildman–Crippen LogP) is 2.91. The third kappa shape index (κ3) is 5.76. The molecular formula is C20H17FN4O6S. The summed E-state index contributed by atoms with van der Waals surface area (Å²) < 4.78 is 43.7. The van der Waals surface area contributed by atoms with Crippen LogP contribution in [0.2, 0.25) is 0 Å². The van der Waals surface area contributed by atoms with E-state index in [2.05, 4.69) is 10.5 Å². The molecule has 0 atom stereocenters. The minimum Gasteiger partial charge on any atom is -0.455 e. The molecule has 12 heteroatoms. The zero-order valence-corrected chi connectivity index (χ0v) is 17.5. The van der Waals surface area contributed by atoms with Crippen LogP contribution in [-0.2, 0) is 14.8 Å². The number of hydrazone groups is 1. The van der Waals surface area contributed by atoms with Crippen molar-refractivity contribution in [3.05, 3.63) is 82.4 Å². The van der Waals surface area contributed by atoms with Gasteiger partial charge in [-0.05, 0) is 42.5 Å². The van der Waals surface area contributed by atoms with Gasteiger partial charge in [-0.15, -0.1) is 0 Å². The first kappa shape index (κ1) is 22.6. The lowest BCUT2D eigenvalue weighted by molar-refractivity contribution is -0.384. The summed E-state index contributed by atoms with van der Waals surface area (Å²) in [5.74, 6) is -0.680. The van der Waals surface area contributed by atoms with Crippen molar-refractivity contribution in [1.29, 1.82) is 0 Å². The highest BCUT2D eigenvalue weighted by Crippen LogP contribution is 2.24. The highest BCUT2D eigenvalue weighted by Gasteiger charge is 2.21. The van der Waals surface area contributed by atoms with E-state index in [-0.39, 0.29) is 17.1 Å². The SMILES string of the molecule is CS(=O)(=O)N(CC(=O)N/N=C\c1ccc(-c2ccc([N+](=O)[O-])cc2)o1)c1cccc(F)c1. The molecule has 0 aliphatic heterocycles. The fourth-order valence-electron chi connectivity index (χ4n) is 2.69. The second kappa shape index (κ2) is 9.39. The summed E-state index contributed by atoms with van der Waals surface area (Å²) in [5, 5.41) is 14.4. The summed E-state index contributed by atoms with van der Waals surface area (Å²) >= 11 is 0. The van der Waals surface area contributed by atoms with E-state index < -0.39 is 33.2 Å². The molecular weight excluding hydrogens is 443 g/mol. The topological polar surface area (TPSA) is 135 Å². The standard InChI is InChI=1S/C20H17FN4O6S/c1-32(29,30)24(17-4-2-3-15(21)11-17)13-20(26)23-22-12-18-9-10-19(31-18)14-5-7-16(8-6-14)25(27)28/h2-12H,13H2,1H3,(H,23,26)/b22-12-. The largest absolute Gasteiger partial charge is 0.455 e. The summed E-state index contributed by atoms with van der Waals surface area (Å²) in [6.45, 7) is -0.605. The van der Waals surface area contributed by atoms with Crippen molar-refractivity contribution in [2.45, 2.75) is 0 Å². The van der Waals surface area contributed by atoms with Crippen molar-refractivity contribution in [2.24, 2.45) is 5.10 Å². The number of carbonyl (C=O) groups is 1. The van der Waals surface area contributed by atoms with Gasteiger partial charge in [-0.2, -0.15) is 5.10 Å². The fraction of sp³-hybridized carbons (Fsp3) is 0.100. The van der Waals surface area contributed by atoms with Crippen LogP contribution in [0.15, 0.2) is 70.2 Å². The number of non-ortho nitro benzene ring substituents is 1. The van der Waals surface area contributed by atoms with Crippen molar-refractivity contribution in [3.63, 3.8) is 0 Å². The Hall–Kier alpha value is -4.06. The predicted molar refractivity (Wildman–Crippen MR) is 115 cm³/mol. The number of nitro groups is 1. The van der Waals surface area contributed by atoms with Gasteiger partial charge in [0.15, 0.2) is 0 Å². The molecule has 0 bridgehead atoms. The Bertz CT molecular complexity index is 1270. The van der Waals surface area contributed by atoms with Gasteiger partial charge >= 0.3 is 0 Å². The Labute approximate surface area is 182 Å². The molecule has 0 saturated heterocycles. The number of amides is 1. The first-order chi connectivity index (χ1) is 15.1. The smallest absolute Gasteiger partial charge is 0.269 e. The molecule has 2 aromatic carbocycles. The summed E-state index contributed by atoms with van der Waals surface area (Å²) in [4.78, 5) is 22.4. The van der Waals surface area contributed by atoms with Gasteiger partial charge in [0.2, 0.25) is 10.0 Å². The Morgan fingerprint density at radius 3 is 2.56 bits per heavy atom. The maximum atomic E-state index is 13.4. The van der Waals surface area contributed by atoms with Crippen LogP contribution < -0.4 is 9.73 Å². The molecule has 1 aromatic heterocycles. The molecule has 0 saturated carbocycles. The lowest BCUT2D eigenvalue weighted by Gasteiger charge is -2.21. The molecule has 0 spiro atoms. The van der Waals surface area contributed by atoms with Crippen molar-refractivity contribution >= 4 is 33.5 Å². The third-order valence-corrected chi connectivity index (χ3v) is 5.29. The summed E-state index contributed by atoms with van der Waals surface area (Å²) in [5.41, 5.74) is 2.75. The lowest BCUT2D eigenvalue weighted by Crippen LogP contribution is -2.39. The quantitative estimate of drug-likeness (QED) is 0.312. The van der Waals surface area contributed by atoms with E-state index in [1.165, 1.54) is 42.6 Å². The van der Waals surface area contributed by atoms with Crippen LogP contribution in [-0.4, -0.2) is 38.3 Å². The highest BCUT2D eigenvalue weighted by atomic mass is 32.2. The molecule has 0 aliphatic carbocycles. The Morgan fingerprint density at radius 2 is 1.94 bits per heavy atom. The molecule has 0 aliphatic rings. The summed E-state index contributed by atoms with van der Waals surface area (Å²) in [6.07, 6.45) is 2.11. The van der Waals surface area contributed by atoms with Crippen LogP contribution in [0, 0.1) is 15.9 Å². The molecule has 3 rings (SSSR count). The van der Waals surface area contributed by atoms with E-state index in [4.69, 9.17) is 4.42 Å². The molecule has 0 radical (unpaired) electrons. The van der Waals surface area contributed by atoms with Crippen molar-refractivity contribution in [1.82, 2.24) is 5.43 Å². The van der Waals surface area contributed by atoms with Gasteiger partial charge in [0.05, 0.1) is 23.1 Å². The molecule has 0 fully saturated rings. The molecule has 166 valence electrons. The molecule has 1 N–H and O–H groups in total. The minimum absolute atomic E-state index is 0.00500. The second-order valence-corrected chi connectivity index (χ2v) is 8.46. The number of rotatable bonds is 8. The van der Waals surface area contributed by atoms with Crippen LogP contribution in [0.5, 0.6) is 0 Å². The van der Waals surface area contributed by atoms with Crippen LogP contribution in [0.25, 0.3) is 11.3 Å². The normalized spacial score (nSPS) is 11.4. The molecule has 1 heterocycles. The number of anilines is 1. The van der Waals surface area contributed by atoms with Gasteiger partial charge in [0, 0.05) is 17.7 Å². The number of halogens is 1. The van der Waals surface area contributed by atoms with Gasteiger partial charge in [-0.3, -0.25) is 19.2 Å². The van der Waals surface area contributed by atoms with E-state index in [1.54, 1.807) is 12.1 Å². The zero-order chi connectivity index (χ0) is 23.3. The van der Waals surface area contributed by atoms with Gasteiger partial charge < -0.3 is 4.42 Å². The molecule has 3 aromatic rings. The van der Waals surface area contributed by atoms with Crippen molar-refractivity contribution in [3.8, 4) is 11.3 Å². The number of furan rings is 1. The van der Waals surface area contributed by atoms with Crippen molar-refractivity contribution < 1.29 is 26.9 Å². The maximum absolute atomic E-state index is 13.4. The number of nitrogens with zero attached hydrogens (tertiary/aromatic N) is 3. The maximum Gasteiger partial charge on any atom is 0.269 e. The zero-order valence-electron chi connectivity index (χ0n) is 16.6. The number of nitrogens with one attached hydrogen (secondary N) is 1. The molecule has 0 unspecified atom stereocenters.